The lowest BCUT2D eigenvalue weighted by Gasteiger charge is -2.10. The second-order valence-corrected chi connectivity index (χ2v) is 8.86. The van der Waals surface area contributed by atoms with Crippen LogP contribution in [0.2, 0.25) is 0 Å². The Morgan fingerprint density at radius 3 is 2.84 bits per heavy atom. The quantitative estimate of drug-likeness (QED) is 0.357. The molecule has 0 radical (unpaired) electrons. The summed E-state index contributed by atoms with van der Waals surface area (Å²) in [4.78, 5) is 33.2. The number of nitrogens with zero attached hydrogens (tertiary/aromatic N) is 2. The fourth-order valence-corrected chi connectivity index (χ4v) is 5.24. The molecule has 1 aliphatic rings. The van der Waals surface area contributed by atoms with Crippen molar-refractivity contribution in [3.8, 4) is 5.13 Å². The van der Waals surface area contributed by atoms with Gasteiger partial charge >= 0.3 is 5.97 Å². The van der Waals surface area contributed by atoms with Crippen LogP contribution in [-0.2, 0) is 17.6 Å². The second kappa shape index (κ2) is 7.81. The van der Waals surface area contributed by atoms with Crippen LogP contribution in [0.4, 0.5) is 0 Å². The molecule has 3 aromatic heterocycles. The standard InChI is InChI=1S/C24H23N3O3S/c1-14-11-18(15(2)27(14)24-25-9-10-31-24)22(28)13-30-23(29)16-7-8-21-19(12-16)17-5-3-4-6-20(17)26-21/h7-12,26H,3-6,13H2,1-2H3. The summed E-state index contributed by atoms with van der Waals surface area (Å²) in [6.45, 7) is 3.53. The lowest BCUT2D eigenvalue weighted by atomic mass is 9.95. The van der Waals surface area contributed by atoms with E-state index in [0.717, 1.165) is 40.3 Å². The van der Waals surface area contributed by atoms with E-state index in [9.17, 15) is 9.59 Å². The molecule has 4 aromatic rings. The molecule has 31 heavy (non-hydrogen) atoms. The van der Waals surface area contributed by atoms with Crippen molar-refractivity contribution in [1.29, 1.82) is 0 Å². The molecule has 1 aliphatic carbocycles. The van der Waals surface area contributed by atoms with Crippen molar-refractivity contribution in [2.24, 2.45) is 0 Å². The van der Waals surface area contributed by atoms with Gasteiger partial charge in [0.1, 0.15) is 0 Å². The van der Waals surface area contributed by atoms with Crippen molar-refractivity contribution in [2.75, 3.05) is 6.61 Å². The van der Waals surface area contributed by atoms with E-state index in [2.05, 4.69) is 9.97 Å². The van der Waals surface area contributed by atoms with Gasteiger partial charge in [-0.15, -0.1) is 11.3 Å². The summed E-state index contributed by atoms with van der Waals surface area (Å²) >= 11 is 1.51. The number of H-pyrrole nitrogens is 1. The fraction of sp³-hybridized carbons (Fsp3) is 0.292. The van der Waals surface area contributed by atoms with Crippen molar-refractivity contribution in [2.45, 2.75) is 39.5 Å². The number of nitrogens with one attached hydrogen (secondary N) is 1. The molecule has 0 aliphatic heterocycles. The Morgan fingerprint density at radius 2 is 2.03 bits per heavy atom. The van der Waals surface area contributed by atoms with Gasteiger partial charge in [0, 0.05) is 45.1 Å². The minimum Gasteiger partial charge on any atom is -0.454 e. The van der Waals surface area contributed by atoms with Crippen LogP contribution >= 0.6 is 11.3 Å². The predicted molar refractivity (Wildman–Crippen MR) is 120 cm³/mol. The van der Waals surface area contributed by atoms with Crippen molar-refractivity contribution in [1.82, 2.24) is 14.5 Å². The normalized spacial score (nSPS) is 13.4. The summed E-state index contributed by atoms with van der Waals surface area (Å²) in [5, 5.41) is 3.80. The zero-order valence-electron chi connectivity index (χ0n) is 17.5. The Labute approximate surface area is 183 Å². The molecule has 1 aromatic carbocycles. The predicted octanol–water partition coefficient (Wildman–Crippen LogP) is 4.95. The minimum atomic E-state index is -0.477. The van der Waals surface area contributed by atoms with Crippen LogP contribution < -0.4 is 0 Å². The maximum atomic E-state index is 12.8. The molecule has 7 heteroatoms. The lowest BCUT2D eigenvalue weighted by Crippen LogP contribution is -2.15. The molecule has 0 unspecified atom stereocenters. The SMILES string of the molecule is Cc1cc(C(=O)COC(=O)c2ccc3[nH]c4c(c3c2)CCCC4)c(C)n1-c1nccs1. The van der Waals surface area contributed by atoms with Crippen molar-refractivity contribution >= 4 is 34.0 Å². The third kappa shape index (κ3) is 3.49. The van der Waals surface area contributed by atoms with Crippen LogP contribution in [-0.4, -0.2) is 32.9 Å². The van der Waals surface area contributed by atoms with Gasteiger partial charge in [0.25, 0.3) is 0 Å². The highest BCUT2D eigenvalue weighted by atomic mass is 32.1. The Balaban J connectivity index is 1.33. The van der Waals surface area contributed by atoms with Crippen LogP contribution in [0.5, 0.6) is 0 Å². The monoisotopic (exact) mass is 433 g/mol. The number of aromatic nitrogens is 3. The summed E-state index contributed by atoms with van der Waals surface area (Å²) in [7, 11) is 0. The highest BCUT2D eigenvalue weighted by Gasteiger charge is 2.21. The Morgan fingerprint density at radius 1 is 1.19 bits per heavy atom. The number of benzene rings is 1. The van der Waals surface area contributed by atoms with E-state index in [0.29, 0.717) is 11.1 Å². The Kier molecular flexibility index (Phi) is 4.98. The number of Topliss-reactive ketones (excluding diaryl/α,β-unsaturated/α-hetero) is 1. The summed E-state index contributed by atoms with van der Waals surface area (Å²) < 4.78 is 7.33. The number of hydrogen-bond acceptors (Lipinski definition) is 5. The molecule has 158 valence electrons. The highest BCUT2D eigenvalue weighted by molar-refractivity contribution is 7.12. The smallest absolute Gasteiger partial charge is 0.338 e. The van der Waals surface area contributed by atoms with Gasteiger partial charge in [-0.05, 0) is 69.4 Å². The molecule has 0 fully saturated rings. The van der Waals surface area contributed by atoms with E-state index in [1.165, 1.54) is 35.4 Å². The van der Waals surface area contributed by atoms with Gasteiger partial charge in [-0.25, -0.2) is 9.78 Å². The Bertz CT molecular complexity index is 1300. The molecule has 0 bridgehead atoms. The number of carbonyl (C=O) groups is 2. The molecule has 0 atom stereocenters. The molecule has 6 nitrogen and oxygen atoms in total. The number of thiazole rings is 1. The molecule has 5 rings (SSSR count). The van der Waals surface area contributed by atoms with Crippen LogP contribution in [0.15, 0.2) is 35.8 Å². The van der Waals surface area contributed by atoms with E-state index in [-0.39, 0.29) is 12.4 Å². The number of aromatic amines is 1. The Hall–Kier alpha value is -3.19. The molecular weight excluding hydrogens is 410 g/mol. The molecule has 0 amide bonds. The first-order valence-electron chi connectivity index (χ1n) is 10.5. The van der Waals surface area contributed by atoms with Crippen LogP contribution in [0, 0.1) is 13.8 Å². The molecule has 0 spiro atoms. The first kappa shape index (κ1) is 19.8. The maximum absolute atomic E-state index is 12.8. The summed E-state index contributed by atoms with van der Waals surface area (Å²) in [5.74, 6) is -0.695. The van der Waals surface area contributed by atoms with Gasteiger partial charge in [-0.3, -0.25) is 9.36 Å². The molecular formula is C24H23N3O3S. The maximum Gasteiger partial charge on any atom is 0.338 e. The van der Waals surface area contributed by atoms with Gasteiger partial charge in [-0.2, -0.15) is 0 Å². The number of esters is 1. The average Bonchev–Trinajstić information content (AvgIpc) is 3.49. The average molecular weight is 434 g/mol. The zero-order chi connectivity index (χ0) is 21.5. The van der Waals surface area contributed by atoms with Gasteiger partial charge in [0.2, 0.25) is 5.78 Å². The van der Waals surface area contributed by atoms with Gasteiger partial charge in [0.15, 0.2) is 11.7 Å². The van der Waals surface area contributed by atoms with Crippen molar-refractivity contribution < 1.29 is 14.3 Å². The highest BCUT2D eigenvalue weighted by Crippen LogP contribution is 2.30. The largest absolute Gasteiger partial charge is 0.454 e. The van der Waals surface area contributed by atoms with Gasteiger partial charge < -0.3 is 9.72 Å². The number of carbonyl (C=O) groups excluding carboxylic acids is 2. The molecule has 0 saturated carbocycles. The molecule has 0 saturated heterocycles. The second-order valence-electron chi connectivity index (χ2n) is 7.98. The number of rotatable bonds is 5. The summed E-state index contributed by atoms with van der Waals surface area (Å²) in [6, 6.07) is 7.39. The molecule has 3 heterocycles. The number of aryl methyl sites for hydroxylation is 3. The van der Waals surface area contributed by atoms with E-state index in [1.54, 1.807) is 12.3 Å². The number of hydrogen-bond donors (Lipinski definition) is 1. The van der Waals surface area contributed by atoms with Crippen LogP contribution in [0.1, 0.15) is 56.2 Å². The minimum absolute atomic E-state index is 0.218. The number of ketones is 1. The molecule has 1 N–H and O–H groups in total. The zero-order valence-corrected chi connectivity index (χ0v) is 18.3. The van der Waals surface area contributed by atoms with E-state index < -0.39 is 5.97 Å². The van der Waals surface area contributed by atoms with Gasteiger partial charge in [0.05, 0.1) is 5.56 Å². The number of ether oxygens (including phenoxy) is 1. The van der Waals surface area contributed by atoms with E-state index in [4.69, 9.17) is 4.74 Å². The lowest BCUT2D eigenvalue weighted by molar-refractivity contribution is 0.0474. The van der Waals surface area contributed by atoms with Crippen molar-refractivity contribution in [3.05, 3.63) is 69.6 Å². The van der Waals surface area contributed by atoms with Crippen LogP contribution in [0.25, 0.3) is 16.0 Å². The van der Waals surface area contributed by atoms with Gasteiger partial charge in [-0.1, -0.05) is 0 Å². The number of fused-ring (bicyclic) bond motifs is 3. The fourth-order valence-electron chi connectivity index (χ4n) is 4.49. The third-order valence-electron chi connectivity index (χ3n) is 6.01. The first-order valence-corrected chi connectivity index (χ1v) is 11.3. The third-order valence-corrected chi connectivity index (χ3v) is 6.77. The van der Waals surface area contributed by atoms with E-state index >= 15 is 0 Å². The first-order chi connectivity index (χ1) is 15.0. The van der Waals surface area contributed by atoms with Crippen molar-refractivity contribution in [3.63, 3.8) is 0 Å². The van der Waals surface area contributed by atoms with Crippen LogP contribution in [0.3, 0.4) is 0 Å². The summed E-state index contributed by atoms with van der Waals surface area (Å²) in [6.07, 6.45) is 6.18. The van der Waals surface area contributed by atoms with E-state index in [1.807, 2.05) is 42.0 Å². The summed E-state index contributed by atoms with van der Waals surface area (Å²) in [5.41, 5.74) is 6.38. The topological polar surface area (TPSA) is 77.0 Å².